The van der Waals surface area contributed by atoms with Gasteiger partial charge in [0.25, 0.3) is 0 Å². The molecule has 6 heterocycles. The number of amides is 2. The Kier molecular flexibility index (Phi) is 33.5. The van der Waals surface area contributed by atoms with Crippen LogP contribution in [0.5, 0.6) is 0 Å². The molecular formula is C74H128N6O9. The summed E-state index contributed by atoms with van der Waals surface area (Å²) in [6.45, 7) is 43.4. The lowest BCUT2D eigenvalue weighted by atomic mass is 9.75. The molecule has 0 aliphatic carbocycles. The molecule has 0 radical (unpaired) electrons. The molecule has 6 saturated heterocycles. The molecule has 508 valence electrons. The summed E-state index contributed by atoms with van der Waals surface area (Å²) < 4.78 is 0. The van der Waals surface area contributed by atoms with Crippen LogP contribution in [-0.4, -0.2) is 172 Å². The molecule has 0 saturated carbocycles. The Morgan fingerprint density at radius 1 is 0.416 bits per heavy atom. The van der Waals surface area contributed by atoms with Gasteiger partial charge in [0, 0.05) is 57.9 Å². The number of carbonyl (C=O) groups is 6. The van der Waals surface area contributed by atoms with Gasteiger partial charge < -0.3 is 25.1 Å². The van der Waals surface area contributed by atoms with Crippen molar-refractivity contribution < 1.29 is 44.1 Å². The molecular weight excluding hydrogens is 1120 g/mol. The lowest BCUT2D eigenvalue weighted by Crippen LogP contribution is -2.47. The van der Waals surface area contributed by atoms with Gasteiger partial charge in [-0.1, -0.05) is 142 Å². The Bertz CT molecular complexity index is 2420. The quantitative estimate of drug-likeness (QED) is 0.152. The predicted molar refractivity (Wildman–Crippen MR) is 365 cm³/mol. The van der Waals surface area contributed by atoms with Crippen molar-refractivity contribution in [1.82, 2.24) is 29.4 Å². The highest BCUT2D eigenvalue weighted by Crippen LogP contribution is 2.36. The van der Waals surface area contributed by atoms with Crippen LogP contribution < -0.4 is 0 Å². The predicted octanol–water partition coefficient (Wildman–Crippen LogP) is 14.6. The van der Waals surface area contributed by atoms with E-state index < -0.39 is 17.9 Å². The highest BCUT2D eigenvalue weighted by Gasteiger charge is 2.34. The zero-order valence-electron chi connectivity index (χ0n) is 55.8. The van der Waals surface area contributed by atoms with E-state index in [9.17, 15) is 28.8 Å². The maximum atomic E-state index is 12.4. The van der Waals surface area contributed by atoms with Gasteiger partial charge in [-0.3, -0.25) is 43.6 Å². The number of hydrogen-bond acceptors (Lipinski definition) is 10. The van der Waals surface area contributed by atoms with Crippen molar-refractivity contribution in [2.75, 3.05) is 91.6 Å². The molecule has 2 atom stereocenters. The molecule has 6 aliphatic rings. The fraction of sp³-hybridized carbons (Fsp3) is 0.757. The molecule has 0 aromatic heterocycles. The van der Waals surface area contributed by atoms with E-state index in [0.29, 0.717) is 92.2 Å². The second-order valence-electron chi connectivity index (χ2n) is 31.1. The van der Waals surface area contributed by atoms with Crippen LogP contribution in [0.1, 0.15) is 234 Å². The van der Waals surface area contributed by atoms with E-state index in [2.05, 4.69) is 115 Å². The third kappa shape index (κ3) is 29.2. The van der Waals surface area contributed by atoms with Crippen molar-refractivity contribution in [2.45, 2.75) is 215 Å². The number of likely N-dealkylation sites (tertiary alicyclic amines) is 6. The minimum atomic E-state index is -0.859. The number of nitrogens with zero attached hydrogens (tertiary/aromatic N) is 6. The van der Waals surface area contributed by atoms with Crippen LogP contribution in [0.25, 0.3) is 0 Å². The molecule has 0 bridgehead atoms. The molecule has 2 amide bonds. The van der Waals surface area contributed by atoms with Crippen LogP contribution in [0.2, 0.25) is 0 Å². The van der Waals surface area contributed by atoms with E-state index in [1.165, 1.54) is 75.6 Å². The second kappa shape index (κ2) is 37.1. The number of piperidine rings is 6. The van der Waals surface area contributed by atoms with Gasteiger partial charge in [-0.15, -0.1) is 0 Å². The Labute approximate surface area is 541 Å². The van der Waals surface area contributed by atoms with Gasteiger partial charge >= 0.3 is 17.9 Å². The lowest BCUT2D eigenvalue weighted by Gasteiger charge is -2.39. The van der Waals surface area contributed by atoms with Crippen molar-refractivity contribution in [3.05, 3.63) is 70.8 Å². The fourth-order valence-electron chi connectivity index (χ4n) is 13.9. The molecule has 2 unspecified atom stereocenters. The number of aliphatic carboxylic acids is 2. The highest BCUT2D eigenvalue weighted by atomic mass is 16.4. The van der Waals surface area contributed by atoms with Gasteiger partial charge in [-0.2, -0.15) is 0 Å². The minimum Gasteiger partial charge on any atom is -0.481 e. The average Bonchev–Trinajstić information content (AvgIpc) is 1.85. The number of rotatable bonds is 14. The molecule has 15 nitrogen and oxygen atoms in total. The third-order valence-electron chi connectivity index (χ3n) is 19.1. The summed E-state index contributed by atoms with van der Waals surface area (Å²) in [5.74, 6) is 0.726. The van der Waals surface area contributed by atoms with E-state index in [1.807, 2.05) is 34.1 Å². The molecule has 2 aromatic carbocycles. The number of aromatic carboxylic acids is 1. The fourth-order valence-corrected chi connectivity index (χ4v) is 13.9. The monoisotopic (exact) mass is 1240 g/mol. The molecule has 8 rings (SSSR count). The molecule has 2 aromatic rings. The number of ketones is 1. The Balaban J connectivity index is 0.000000400. The largest absolute Gasteiger partial charge is 0.481 e. The summed E-state index contributed by atoms with van der Waals surface area (Å²) in [6, 6.07) is 15.4. The number of Topliss-reactive ketones (excluding diaryl/α,β-unsaturated/α-hetero) is 1. The topological polar surface area (TPSA) is 183 Å². The van der Waals surface area contributed by atoms with E-state index in [-0.39, 0.29) is 51.7 Å². The van der Waals surface area contributed by atoms with Gasteiger partial charge in [0.1, 0.15) is 0 Å². The number of benzene rings is 2. The number of carboxylic acids is 3. The van der Waals surface area contributed by atoms with Crippen LogP contribution in [0.4, 0.5) is 0 Å². The van der Waals surface area contributed by atoms with Gasteiger partial charge in [-0.25, -0.2) is 4.79 Å². The van der Waals surface area contributed by atoms with Gasteiger partial charge in [0.15, 0.2) is 5.78 Å². The van der Waals surface area contributed by atoms with E-state index in [1.54, 1.807) is 19.1 Å². The van der Waals surface area contributed by atoms with Gasteiger partial charge in [-0.05, 0) is 205 Å². The Hall–Kier alpha value is -4.70. The first-order chi connectivity index (χ1) is 40.2. The normalized spacial score (nSPS) is 20.9. The summed E-state index contributed by atoms with van der Waals surface area (Å²) in [6.07, 6.45) is 14.9. The van der Waals surface area contributed by atoms with Crippen molar-refractivity contribution in [3.8, 4) is 0 Å². The number of hydrogen-bond donors (Lipinski definition) is 3. The van der Waals surface area contributed by atoms with E-state index in [0.717, 1.165) is 94.4 Å². The molecule has 6 fully saturated rings. The molecule has 15 heteroatoms. The maximum absolute atomic E-state index is 12.4. The minimum absolute atomic E-state index is 0. The van der Waals surface area contributed by atoms with Crippen molar-refractivity contribution in [3.63, 3.8) is 0 Å². The standard InChI is InChI=1S/C19H29NO.C18H32N2O3.C17H30N2O3.C17H25NO2.3CH4/c1-15(21)18-9-7-16(8-10-18)13-20-11-5-6-17(14-20)12-19(2,3)4;1-18(2,3)12-14-4-8-19(9-5-14)13-16(21)20-10-6-15(7-11-20)17(22)23;1-17(2,3)14-6-8-18(9-7-14)12-15(20)19-10-4-13(5-11-19)16(21)22;1-17(2,3)15-5-4-10-18(12-15)11-13-6-8-14(9-7-13)16(19)20;;;/h7-10,17H,5-6,11-14H2,1-4H3;14-15H,4-13H2,1-3H3,(H,22,23);13-14H,4-12H2,1-3H3,(H,21,22);6-9,15H,4-5,10-12H2,1-3H3,(H,19,20);3*1H4. The van der Waals surface area contributed by atoms with Crippen molar-refractivity contribution in [2.24, 2.45) is 57.2 Å². The average molecular weight is 1250 g/mol. The third-order valence-corrected chi connectivity index (χ3v) is 19.1. The van der Waals surface area contributed by atoms with Crippen LogP contribution in [0.3, 0.4) is 0 Å². The molecule has 6 aliphatic heterocycles. The Morgan fingerprint density at radius 2 is 0.787 bits per heavy atom. The first-order valence-corrected chi connectivity index (χ1v) is 33.0. The van der Waals surface area contributed by atoms with Crippen molar-refractivity contribution >= 4 is 35.5 Å². The van der Waals surface area contributed by atoms with E-state index >= 15 is 0 Å². The molecule has 0 spiro atoms. The number of carboxylic acid groups (broad SMARTS) is 3. The highest BCUT2D eigenvalue weighted by molar-refractivity contribution is 5.94. The Morgan fingerprint density at radius 3 is 1.16 bits per heavy atom. The number of carbonyl (C=O) groups excluding carboxylic acids is 3. The van der Waals surface area contributed by atoms with Gasteiger partial charge in [0.2, 0.25) is 11.8 Å². The zero-order valence-corrected chi connectivity index (χ0v) is 55.8. The van der Waals surface area contributed by atoms with Crippen LogP contribution in [0.15, 0.2) is 48.5 Å². The van der Waals surface area contributed by atoms with Gasteiger partial charge in [0.05, 0.1) is 30.5 Å². The van der Waals surface area contributed by atoms with Crippen molar-refractivity contribution in [1.29, 1.82) is 0 Å². The smallest absolute Gasteiger partial charge is 0.335 e. The van der Waals surface area contributed by atoms with E-state index in [4.69, 9.17) is 15.3 Å². The summed E-state index contributed by atoms with van der Waals surface area (Å²) in [5.41, 5.74) is 5.22. The maximum Gasteiger partial charge on any atom is 0.335 e. The molecule has 89 heavy (non-hydrogen) atoms. The summed E-state index contributed by atoms with van der Waals surface area (Å²) in [7, 11) is 0. The van der Waals surface area contributed by atoms with Crippen LogP contribution in [-0.2, 0) is 32.3 Å². The SMILES string of the molecule is C.C.C.CC(=O)c1ccc(CN2CCCC(CC(C)(C)C)C2)cc1.CC(C)(C)C1CCCN(Cc2ccc(C(=O)O)cc2)C1.CC(C)(C)C1CCN(CC(=O)N2CCC(C(=O)O)CC2)CC1.CC(C)(C)CC1CCN(CC(=O)N2CCC(C(=O)O)CC2)CC1. The summed E-state index contributed by atoms with van der Waals surface area (Å²) in [5, 5.41) is 26.9. The van der Waals surface area contributed by atoms with Crippen LogP contribution in [0, 0.1) is 57.2 Å². The van der Waals surface area contributed by atoms with Crippen LogP contribution >= 0.6 is 0 Å². The first-order valence-electron chi connectivity index (χ1n) is 33.0. The zero-order chi connectivity index (χ0) is 63.6. The lowest BCUT2D eigenvalue weighted by molar-refractivity contribution is -0.146. The summed E-state index contributed by atoms with van der Waals surface area (Å²) in [4.78, 5) is 82.1. The first kappa shape index (κ1) is 80.4. The molecule has 3 N–H and O–H groups in total. The summed E-state index contributed by atoms with van der Waals surface area (Å²) >= 11 is 0. The second-order valence-corrected chi connectivity index (χ2v) is 31.1.